The van der Waals surface area contributed by atoms with Crippen LogP contribution in [0.15, 0.2) is 30.5 Å². The highest BCUT2D eigenvalue weighted by Crippen LogP contribution is 2.32. The largest absolute Gasteiger partial charge is 0.386 e. The van der Waals surface area contributed by atoms with Gasteiger partial charge in [0.05, 0.1) is 17.7 Å². The number of nitrogens with zero attached hydrogens (tertiary/aromatic N) is 3. The molecule has 2 aromatic rings. The van der Waals surface area contributed by atoms with E-state index in [0.717, 1.165) is 0 Å². The van der Waals surface area contributed by atoms with Crippen molar-refractivity contribution >= 4 is 17.5 Å². The van der Waals surface area contributed by atoms with E-state index in [9.17, 15) is 18.7 Å². The van der Waals surface area contributed by atoms with Gasteiger partial charge in [-0.1, -0.05) is 23.7 Å². The number of aliphatic hydroxyl groups is 1. The maximum Gasteiger partial charge on any atom is 0.282 e. The molecule has 1 aromatic carbocycles. The number of carbonyl (C=O) groups excluding carboxylic acids is 1. The Morgan fingerprint density at radius 1 is 1.36 bits per heavy atom. The predicted octanol–water partition coefficient (Wildman–Crippen LogP) is 3.35. The summed E-state index contributed by atoms with van der Waals surface area (Å²) >= 11 is 5.86. The molecule has 2 heterocycles. The van der Waals surface area contributed by atoms with Gasteiger partial charge in [0.2, 0.25) is 0 Å². The van der Waals surface area contributed by atoms with E-state index in [0.29, 0.717) is 30.0 Å². The molecule has 1 amide bonds. The van der Waals surface area contributed by atoms with Gasteiger partial charge in [0.25, 0.3) is 12.3 Å². The molecule has 0 spiro atoms. The molecule has 1 aromatic heterocycles. The van der Waals surface area contributed by atoms with Crippen LogP contribution >= 0.6 is 11.6 Å². The van der Waals surface area contributed by atoms with Gasteiger partial charge in [-0.15, -0.1) is 0 Å². The number of alkyl halides is 2. The number of aliphatic hydroxyl groups excluding tert-OH is 1. The Labute approximate surface area is 148 Å². The summed E-state index contributed by atoms with van der Waals surface area (Å²) < 4.78 is 27.5. The Hall–Kier alpha value is -1.99. The van der Waals surface area contributed by atoms with Gasteiger partial charge in [0.15, 0.2) is 0 Å². The normalized spacial score (nSPS) is 18.8. The molecule has 1 unspecified atom stereocenters. The molecule has 1 N–H and O–H groups in total. The maximum atomic E-state index is 13.1. The van der Waals surface area contributed by atoms with Gasteiger partial charge in [-0.25, -0.2) is 8.78 Å². The number of benzene rings is 1. The quantitative estimate of drug-likeness (QED) is 0.899. The lowest BCUT2D eigenvalue weighted by atomic mass is 10.00. The van der Waals surface area contributed by atoms with Crippen LogP contribution in [0, 0.1) is 0 Å². The van der Waals surface area contributed by atoms with Gasteiger partial charge in [0.1, 0.15) is 5.69 Å². The molecule has 1 aliphatic rings. The molecular weight excluding hydrogens is 352 g/mol. The first-order valence-corrected chi connectivity index (χ1v) is 8.32. The zero-order valence-electron chi connectivity index (χ0n) is 13.6. The van der Waals surface area contributed by atoms with Crippen molar-refractivity contribution in [1.82, 2.24) is 14.7 Å². The van der Waals surface area contributed by atoms with Crippen LogP contribution in [-0.2, 0) is 7.05 Å². The average molecular weight is 370 g/mol. The van der Waals surface area contributed by atoms with Crippen LogP contribution in [0.3, 0.4) is 0 Å². The zero-order valence-corrected chi connectivity index (χ0v) is 14.3. The van der Waals surface area contributed by atoms with Gasteiger partial charge in [-0.3, -0.25) is 9.48 Å². The van der Waals surface area contributed by atoms with Crippen molar-refractivity contribution < 1.29 is 18.7 Å². The molecule has 25 heavy (non-hydrogen) atoms. The Morgan fingerprint density at radius 3 is 2.68 bits per heavy atom. The van der Waals surface area contributed by atoms with Gasteiger partial charge >= 0.3 is 0 Å². The summed E-state index contributed by atoms with van der Waals surface area (Å²) in [6, 6.07) is 6.25. The fourth-order valence-corrected chi connectivity index (χ4v) is 3.37. The number of halogens is 3. The molecule has 0 aliphatic carbocycles. The SMILES string of the molecule is Cn1cc(C(=O)N2CCC[C@H]2C(O)c2ccc(Cl)cc2)c(C(F)F)n1. The zero-order chi connectivity index (χ0) is 18.1. The third kappa shape index (κ3) is 3.52. The Balaban J connectivity index is 1.86. The molecule has 5 nitrogen and oxygen atoms in total. The van der Waals surface area contributed by atoms with E-state index < -0.39 is 30.2 Å². The van der Waals surface area contributed by atoms with Crippen LogP contribution < -0.4 is 0 Å². The molecule has 134 valence electrons. The monoisotopic (exact) mass is 369 g/mol. The number of amides is 1. The van der Waals surface area contributed by atoms with Crippen LogP contribution in [0.5, 0.6) is 0 Å². The van der Waals surface area contributed by atoms with E-state index in [1.54, 1.807) is 24.3 Å². The molecule has 8 heteroatoms. The Kier molecular flexibility index (Phi) is 5.06. The Bertz CT molecular complexity index is 764. The second kappa shape index (κ2) is 7.09. The highest BCUT2D eigenvalue weighted by atomic mass is 35.5. The molecule has 3 rings (SSSR count). The van der Waals surface area contributed by atoms with Gasteiger partial charge < -0.3 is 10.0 Å². The van der Waals surface area contributed by atoms with Crippen LogP contribution in [0.2, 0.25) is 5.02 Å². The fourth-order valence-electron chi connectivity index (χ4n) is 3.24. The molecule has 0 radical (unpaired) electrons. The lowest BCUT2D eigenvalue weighted by Crippen LogP contribution is -2.39. The number of rotatable bonds is 4. The number of hydrogen-bond donors (Lipinski definition) is 1. The summed E-state index contributed by atoms with van der Waals surface area (Å²) in [5.41, 5.74) is -0.0128. The molecule has 1 aliphatic heterocycles. The summed E-state index contributed by atoms with van der Waals surface area (Å²) in [6.45, 7) is 0.408. The lowest BCUT2D eigenvalue weighted by molar-refractivity contribution is 0.0479. The van der Waals surface area contributed by atoms with Crippen molar-refractivity contribution in [2.45, 2.75) is 31.4 Å². The third-order valence-electron chi connectivity index (χ3n) is 4.43. The molecule has 0 saturated carbocycles. The first-order chi connectivity index (χ1) is 11.9. The summed E-state index contributed by atoms with van der Waals surface area (Å²) in [4.78, 5) is 14.3. The van der Waals surface area contributed by atoms with Crippen molar-refractivity contribution in [3.8, 4) is 0 Å². The van der Waals surface area contributed by atoms with E-state index in [4.69, 9.17) is 11.6 Å². The van der Waals surface area contributed by atoms with Gasteiger partial charge in [-0.2, -0.15) is 5.10 Å². The van der Waals surface area contributed by atoms with E-state index >= 15 is 0 Å². The standard InChI is InChI=1S/C17H18ClF2N3O2/c1-22-9-12(14(21-22)16(19)20)17(25)23-8-2-3-13(23)15(24)10-4-6-11(18)7-5-10/h4-7,9,13,15-16,24H,2-3,8H2,1H3/t13-,15?/m0/s1. The van der Waals surface area contributed by atoms with Crippen molar-refractivity contribution in [1.29, 1.82) is 0 Å². The van der Waals surface area contributed by atoms with Crippen molar-refractivity contribution in [2.75, 3.05) is 6.54 Å². The van der Waals surface area contributed by atoms with E-state index in [-0.39, 0.29) is 5.56 Å². The van der Waals surface area contributed by atoms with Crippen LogP contribution in [0.25, 0.3) is 0 Å². The number of carbonyl (C=O) groups is 1. The van der Waals surface area contributed by atoms with Crippen LogP contribution in [0.4, 0.5) is 8.78 Å². The van der Waals surface area contributed by atoms with Crippen molar-refractivity contribution in [3.05, 3.63) is 52.3 Å². The summed E-state index contributed by atoms with van der Waals surface area (Å²) in [5, 5.41) is 14.9. The maximum absolute atomic E-state index is 13.1. The molecule has 1 saturated heterocycles. The summed E-state index contributed by atoms with van der Waals surface area (Å²) in [5.74, 6) is -0.529. The smallest absolute Gasteiger partial charge is 0.282 e. The molecule has 0 bridgehead atoms. The lowest BCUT2D eigenvalue weighted by Gasteiger charge is -2.29. The minimum atomic E-state index is -2.83. The Morgan fingerprint density at radius 2 is 2.04 bits per heavy atom. The van der Waals surface area contributed by atoms with Crippen molar-refractivity contribution in [2.24, 2.45) is 7.05 Å². The third-order valence-corrected chi connectivity index (χ3v) is 4.68. The van der Waals surface area contributed by atoms with Crippen LogP contribution in [0.1, 0.15) is 47.0 Å². The minimum Gasteiger partial charge on any atom is -0.386 e. The second-order valence-corrected chi connectivity index (χ2v) is 6.54. The summed E-state index contributed by atoms with van der Waals surface area (Å²) in [7, 11) is 1.49. The number of aryl methyl sites for hydroxylation is 1. The predicted molar refractivity (Wildman–Crippen MR) is 88.6 cm³/mol. The fraction of sp³-hybridized carbons (Fsp3) is 0.412. The van der Waals surface area contributed by atoms with E-state index in [2.05, 4.69) is 5.10 Å². The first-order valence-electron chi connectivity index (χ1n) is 7.94. The molecule has 2 atom stereocenters. The number of likely N-dealkylation sites (tertiary alicyclic amines) is 1. The average Bonchev–Trinajstić information content (AvgIpc) is 3.21. The van der Waals surface area contributed by atoms with E-state index in [1.165, 1.54) is 22.8 Å². The van der Waals surface area contributed by atoms with Gasteiger partial charge in [-0.05, 0) is 30.5 Å². The topological polar surface area (TPSA) is 58.4 Å². The highest BCUT2D eigenvalue weighted by Gasteiger charge is 2.37. The summed E-state index contributed by atoms with van der Waals surface area (Å²) in [6.07, 6.45) is -1.14. The first kappa shape index (κ1) is 17.8. The minimum absolute atomic E-state index is 0.118. The van der Waals surface area contributed by atoms with Gasteiger partial charge in [0, 0.05) is 24.8 Å². The second-order valence-electron chi connectivity index (χ2n) is 6.11. The molecular formula is C17H18ClF2N3O2. The van der Waals surface area contributed by atoms with E-state index in [1.807, 2.05) is 0 Å². The highest BCUT2D eigenvalue weighted by molar-refractivity contribution is 6.30. The molecule has 1 fully saturated rings. The number of hydrogen-bond acceptors (Lipinski definition) is 3. The number of aromatic nitrogens is 2. The van der Waals surface area contributed by atoms with Crippen molar-refractivity contribution in [3.63, 3.8) is 0 Å². The van der Waals surface area contributed by atoms with Crippen LogP contribution in [-0.4, -0.2) is 38.3 Å².